The van der Waals surface area contributed by atoms with Gasteiger partial charge < -0.3 is 11.5 Å². The fourth-order valence-corrected chi connectivity index (χ4v) is 1.46. The van der Waals surface area contributed by atoms with Crippen molar-refractivity contribution < 1.29 is 8.78 Å². The monoisotopic (exact) mass is 200 g/mol. The Morgan fingerprint density at radius 2 is 1.64 bits per heavy atom. The highest BCUT2D eigenvalue weighted by atomic mass is 19.1. The van der Waals surface area contributed by atoms with Crippen molar-refractivity contribution in [3.05, 3.63) is 34.9 Å². The van der Waals surface area contributed by atoms with Crippen molar-refractivity contribution in [3.63, 3.8) is 0 Å². The van der Waals surface area contributed by atoms with E-state index in [9.17, 15) is 8.78 Å². The molecule has 4 N–H and O–H groups in total. The largest absolute Gasteiger partial charge is 0.330 e. The van der Waals surface area contributed by atoms with E-state index in [1.54, 1.807) is 0 Å². The van der Waals surface area contributed by atoms with Crippen molar-refractivity contribution >= 4 is 0 Å². The Hall–Kier alpha value is -1.00. The summed E-state index contributed by atoms with van der Waals surface area (Å²) in [5.74, 6) is -1.09. The van der Waals surface area contributed by atoms with Gasteiger partial charge in [0.2, 0.25) is 0 Å². The zero-order valence-electron chi connectivity index (χ0n) is 7.89. The minimum Gasteiger partial charge on any atom is -0.330 e. The fourth-order valence-electron chi connectivity index (χ4n) is 1.46. The second-order valence-electron chi connectivity index (χ2n) is 3.10. The van der Waals surface area contributed by atoms with E-state index in [-0.39, 0.29) is 0 Å². The molecule has 2 nitrogen and oxygen atoms in total. The molecule has 14 heavy (non-hydrogen) atoms. The Bertz CT molecular complexity index is 313. The minimum absolute atomic E-state index is 0.347. The van der Waals surface area contributed by atoms with E-state index in [4.69, 9.17) is 11.5 Å². The first kappa shape index (κ1) is 11.1. The summed E-state index contributed by atoms with van der Waals surface area (Å²) >= 11 is 0. The molecule has 0 amide bonds. The molecule has 0 aliphatic heterocycles. The van der Waals surface area contributed by atoms with E-state index >= 15 is 0 Å². The lowest BCUT2D eigenvalue weighted by atomic mass is 10.0. The molecule has 1 rings (SSSR count). The summed E-state index contributed by atoms with van der Waals surface area (Å²) in [5, 5.41) is 0. The summed E-state index contributed by atoms with van der Waals surface area (Å²) in [7, 11) is 0. The lowest BCUT2D eigenvalue weighted by molar-refractivity contribution is 0.567. The molecule has 0 unspecified atom stereocenters. The lowest BCUT2D eigenvalue weighted by Gasteiger charge is -2.09. The molecule has 0 aromatic heterocycles. The van der Waals surface area contributed by atoms with Gasteiger partial charge in [-0.1, -0.05) is 0 Å². The highest BCUT2D eigenvalue weighted by Gasteiger charge is 2.09. The molecule has 0 aliphatic carbocycles. The van der Waals surface area contributed by atoms with Crippen molar-refractivity contribution in [2.45, 2.75) is 12.8 Å². The molecule has 0 aliphatic rings. The van der Waals surface area contributed by atoms with Crippen LogP contribution in [0.4, 0.5) is 8.78 Å². The number of halogens is 2. The van der Waals surface area contributed by atoms with Crippen molar-refractivity contribution in [1.82, 2.24) is 0 Å². The van der Waals surface area contributed by atoms with Crippen LogP contribution >= 0.6 is 0 Å². The van der Waals surface area contributed by atoms with E-state index in [0.29, 0.717) is 37.1 Å². The molecule has 0 radical (unpaired) electrons. The molecular weight excluding hydrogens is 186 g/mol. The van der Waals surface area contributed by atoms with Crippen LogP contribution in [0.5, 0.6) is 0 Å². The van der Waals surface area contributed by atoms with Gasteiger partial charge >= 0.3 is 0 Å². The molecule has 1 aromatic carbocycles. The van der Waals surface area contributed by atoms with Crippen LogP contribution in [-0.2, 0) is 12.8 Å². The first-order chi connectivity index (χ1) is 6.69. The molecule has 0 bridgehead atoms. The second-order valence-corrected chi connectivity index (χ2v) is 3.10. The molecule has 0 saturated heterocycles. The summed E-state index contributed by atoms with van der Waals surface area (Å²) < 4.78 is 26.1. The Morgan fingerprint density at radius 3 is 2.21 bits per heavy atom. The van der Waals surface area contributed by atoms with Gasteiger partial charge in [-0.05, 0) is 43.1 Å². The molecule has 0 saturated carbocycles. The number of hydrogen-bond acceptors (Lipinski definition) is 2. The SMILES string of the molecule is NCCc1cc(F)cc(F)c1CCN. The van der Waals surface area contributed by atoms with Crippen LogP contribution in [0.25, 0.3) is 0 Å². The zero-order valence-corrected chi connectivity index (χ0v) is 7.89. The molecule has 0 heterocycles. The quantitative estimate of drug-likeness (QED) is 0.760. The van der Waals surface area contributed by atoms with Crippen molar-refractivity contribution in [2.24, 2.45) is 11.5 Å². The molecule has 78 valence electrons. The van der Waals surface area contributed by atoms with Gasteiger partial charge in [0.25, 0.3) is 0 Å². The average Bonchev–Trinajstić information content (AvgIpc) is 2.11. The number of rotatable bonds is 4. The molecule has 4 heteroatoms. The Morgan fingerprint density at radius 1 is 1.00 bits per heavy atom. The van der Waals surface area contributed by atoms with Gasteiger partial charge in [0.05, 0.1) is 0 Å². The standard InChI is InChI=1S/C10H14F2N2/c11-8-5-7(1-3-13)9(2-4-14)10(12)6-8/h5-6H,1-4,13-14H2. The number of benzene rings is 1. The summed E-state index contributed by atoms with van der Waals surface area (Å²) in [6.45, 7) is 0.723. The average molecular weight is 200 g/mol. The Kier molecular flexibility index (Phi) is 3.98. The van der Waals surface area contributed by atoms with E-state index < -0.39 is 11.6 Å². The predicted octanol–water partition coefficient (Wildman–Crippen LogP) is 0.967. The van der Waals surface area contributed by atoms with Gasteiger partial charge in [0, 0.05) is 6.07 Å². The molecule has 0 spiro atoms. The normalized spacial score (nSPS) is 10.6. The van der Waals surface area contributed by atoms with Crippen LogP contribution in [0, 0.1) is 11.6 Å². The van der Waals surface area contributed by atoms with Crippen molar-refractivity contribution in [1.29, 1.82) is 0 Å². The van der Waals surface area contributed by atoms with Gasteiger partial charge in [0.15, 0.2) is 0 Å². The van der Waals surface area contributed by atoms with Crippen LogP contribution in [0.2, 0.25) is 0 Å². The van der Waals surface area contributed by atoms with Crippen LogP contribution < -0.4 is 11.5 Å². The summed E-state index contributed by atoms with van der Waals surface area (Å²) in [4.78, 5) is 0. The van der Waals surface area contributed by atoms with Gasteiger partial charge in [-0.3, -0.25) is 0 Å². The topological polar surface area (TPSA) is 52.0 Å². The highest BCUT2D eigenvalue weighted by molar-refractivity contribution is 5.30. The predicted molar refractivity (Wildman–Crippen MR) is 51.9 cm³/mol. The minimum atomic E-state index is -0.563. The maximum absolute atomic E-state index is 13.3. The summed E-state index contributed by atoms with van der Waals surface area (Å²) in [5.41, 5.74) is 11.8. The fraction of sp³-hybridized carbons (Fsp3) is 0.400. The molecule has 0 atom stereocenters. The molecule has 0 fully saturated rings. The first-order valence-corrected chi connectivity index (χ1v) is 4.56. The van der Waals surface area contributed by atoms with Crippen LogP contribution in [0.15, 0.2) is 12.1 Å². The van der Waals surface area contributed by atoms with Crippen LogP contribution in [0.1, 0.15) is 11.1 Å². The number of nitrogens with two attached hydrogens (primary N) is 2. The van der Waals surface area contributed by atoms with Gasteiger partial charge in [-0.25, -0.2) is 8.78 Å². The Labute approximate surface area is 81.9 Å². The van der Waals surface area contributed by atoms with Crippen LogP contribution in [0.3, 0.4) is 0 Å². The summed E-state index contributed by atoms with van der Waals surface area (Å²) in [6.07, 6.45) is 0.894. The first-order valence-electron chi connectivity index (χ1n) is 4.56. The van der Waals surface area contributed by atoms with Crippen molar-refractivity contribution in [3.8, 4) is 0 Å². The maximum atomic E-state index is 13.3. The Balaban J connectivity index is 3.07. The second kappa shape index (κ2) is 5.02. The molecular formula is C10H14F2N2. The third-order valence-electron chi connectivity index (χ3n) is 2.06. The maximum Gasteiger partial charge on any atom is 0.129 e. The van der Waals surface area contributed by atoms with Gasteiger partial charge in [-0.15, -0.1) is 0 Å². The van der Waals surface area contributed by atoms with Crippen molar-refractivity contribution in [2.75, 3.05) is 13.1 Å². The highest BCUT2D eigenvalue weighted by Crippen LogP contribution is 2.16. The third-order valence-corrected chi connectivity index (χ3v) is 2.06. The van der Waals surface area contributed by atoms with E-state index in [1.807, 2.05) is 0 Å². The van der Waals surface area contributed by atoms with E-state index in [0.717, 1.165) is 6.07 Å². The zero-order chi connectivity index (χ0) is 10.6. The smallest absolute Gasteiger partial charge is 0.129 e. The third kappa shape index (κ3) is 2.49. The van der Waals surface area contributed by atoms with Crippen LogP contribution in [-0.4, -0.2) is 13.1 Å². The van der Waals surface area contributed by atoms with Gasteiger partial charge in [-0.2, -0.15) is 0 Å². The molecule has 1 aromatic rings. The lowest BCUT2D eigenvalue weighted by Crippen LogP contribution is -2.11. The number of hydrogen-bond donors (Lipinski definition) is 2. The van der Waals surface area contributed by atoms with Gasteiger partial charge in [0.1, 0.15) is 11.6 Å². The van der Waals surface area contributed by atoms with E-state index in [1.165, 1.54) is 6.07 Å². The summed E-state index contributed by atoms with van der Waals surface area (Å²) in [6, 6.07) is 2.20. The van der Waals surface area contributed by atoms with E-state index in [2.05, 4.69) is 0 Å².